The summed E-state index contributed by atoms with van der Waals surface area (Å²) in [6, 6.07) is 15.0. The first kappa shape index (κ1) is 17.8. The molecule has 1 saturated heterocycles. The number of benzene rings is 2. The molecule has 0 radical (unpaired) electrons. The Labute approximate surface area is 153 Å². The third-order valence-electron chi connectivity index (χ3n) is 4.34. The average molecular weight is 353 g/mol. The van der Waals surface area contributed by atoms with Crippen LogP contribution in [0.3, 0.4) is 0 Å². The molecule has 6 heteroatoms. The number of urea groups is 1. The zero-order chi connectivity index (χ0) is 18.4. The number of rotatable bonds is 6. The molecule has 1 aliphatic rings. The van der Waals surface area contributed by atoms with Crippen LogP contribution in [0, 0.1) is 0 Å². The van der Waals surface area contributed by atoms with Crippen molar-refractivity contribution in [3.8, 4) is 5.75 Å². The maximum Gasteiger partial charge on any atom is 0.321 e. The maximum atomic E-state index is 12.1. The van der Waals surface area contributed by atoms with E-state index in [0.29, 0.717) is 19.4 Å². The largest absolute Gasteiger partial charge is 0.497 e. The molecule has 6 nitrogen and oxygen atoms in total. The minimum absolute atomic E-state index is 0.0377. The van der Waals surface area contributed by atoms with E-state index in [1.807, 2.05) is 48.5 Å². The van der Waals surface area contributed by atoms with Crippen LogP contribution in [0.25, 0.3) is 0 Å². The second-order valence-electron chi connectivity index (χ2n) is 6.18. The van der Waals surface area contributed by atoms with Crippen LogP contribution in [-0.4, -0.2) is 32.1 Å². The van der Waals surface area contributed by atoms with Gasteiger partial charge in [0.15, 0.2) is 0 Å². The van der Waals surface area contributed by atoms with E-state index in [2.05, 4.69) is 10.6 Å². The normalized spacial score (nSPS) is 13.9. The molecular weight excluding hydrogens is 330 g/mol. The Morgan fingerprint density at radius 1 is 1.15 bits per heavy atom. The molecule has 0 atom stereocenters. The molecule has 2 aromatic carbocycles. The number of ether oxygens (including phenoxy) is 1. The van der Waals surface area contributed by atoms with Gasteiger partial charge in [0.2, 0.25) is 5.91 Å². The lowest BCUT2D eigenvalue weighted by Crippen LogP contribution is -2.46. The molecule has 0 aliphatic carbocycles. The third kappa shape index (κ3) is 4.53. The summed E-state index contributed by atoms with van der Waals surface area (Å²) in [5.41, 5.74) is 2.65. The number of anilines is 2. The molecular formula is C20H23N3O3. The molecule has 0 saturated carbocycles. The molecule has 2 N–H and O–H groups in total. The topological polar surface area (TPSA) is 70.7 Å². The van der Waals surface area contributed by atoms with Gasteiger partial charge in [-0.2, -0.15) is 0 Å². The number of hydrogen-bond donors (Lipinski definition) is 2. The van der Waals surface area contributed by atoms with Crippen LogP contribution in [0.5, 0.6) is 5.75 Å². The molecule has 3 amide bonds. The Bertz CT molecular complexity index is 757. The Kier molecular flexibility index (Phi) is 5.73. The number of hydrogen-bond acceptors (Lipinski definition) is 3. The number of amides is 3. The number of carbonyl (C=O) groups excluding carboxylic acids is 2. The highest BCUT2D eigenvalue weighted by Crippen LogP contribution is 2.20. The summed E-state index contributed by atoms with van der Waals surface area (Å²) in [6.07, 6.45) is 2.00. The predicted molar refractivity (Wildman–Crippen MR) is 102 cm³/mol. The molecule has 0 spiro atoms. The van der Waals surface area contributed by atoms with Gasteiger partial charge in [0.05, 0.1) is 7.11 Å². The lowest BCUT2D eigenvalue weighted by molar-refractivity contribution is -0.116. The molecule has 0 bridgehead atoms. The summed E-state index contributed by atoms with van der Waals surface area (Å²) in [6.45, 7) is 1.43. The van der Waals surface area contributed by atoms with Gasteiger partial charge in [0, 0.05) is 30.9 Å². The monoisotopic (exact) mass is 353 g/mol. The fourth-order valence-corrected chi connectivity index (χ4v) is 2.87. The minimum atomic E-state index is -0.0764. The highest BCUT2D eigenvalue weighted by molar-refractivity contribution is 5.94. The van der Waals surface area contributed by atoms with Crippen LogP contribution in [0.2, 0.25) is 0 Å². The van der Waals surface area contributed by atoms with Gasteiger partial charge < -0.3 is 15.4 Å². The van der Waals surface area contributed by atoms with Gasteiger partial charge in [-0.05, 0) is 54.8 Å². The number of nitrogens with zero attached hydrogens (tertiary/aromatic N) is 1. The molecule has 0 unspecified atom stereocenters. The van der Waals surface area contributed by atoms with Crippen molar-refractivity contribution < 1.29 is 14.3 Å². The first-order chi connectivity index (χ1) is 12.7. The Morgan fingerprint density at radius 3 is 2.54 bits per heavy atom. The van der Waals surface area contributed by atoms with Crippen molar-refractivity contribution in [3.63, 3.8) is 0 Å². The number of aryl methyl sites for hydroxylation is 1. The van der Waals surface area contributed by atoms with Crippen molar-refractivity contribution in [1.29, 1.82) is 0 Å². The summed E-state index contributed by atoms with van der Waals surface area (Å²) < 4.78 is 5.13. The van der Waals surface area contributed by atoms with E-state index in [1.165, 1.54) is 0 Å². The van der Waals surface area contributed by atoms with Gasteiger partial charge in [-0.25, -0.2) is 4.79 Å². The standard InChI is InChI=1S/C20H23N3O3/c1-26-18-10-3-15(4-11-18)5-12-19(24)22-16-6-8-17(9-7-16)23-14-2-13-21-20(23)25/h3-4,6-11H,2,5,12-14H2,1H3,(H,21,25)(H,22,24). The second kappa shape index (κ2) is 8.38. The van der Waals surface area contributed by atoms with Gasteiger partial charge in [0.25, 0.3) is 0 Å². The molecule has 26 heavy (non-hydrogen) atoms. The summed E-state index contributed by atoms with van der Waals surface area (Å²) in [5.74, 6) is 0.768. The first-order valence-electron chi connectivity index (χ1n) is 8.74. The zero-order valence-corrected chi connectivity index (χ0v) is 14.8. The highest BCUT2D eigenvalue weighted by Gasteiger charge is 2.18. The van der Waals surface area contributed by atoms with Crippen molar-refractivity contribution in [3.05, 3.63) is 54.1 Å². The summed E-state index contributed by atoms with van der Waals surface area (Å²) in [4.78, 5) is 25.7. The summed E-state index contributed by atoms with van der Waals surface area (Å²) >= 11 is 0. The predicted octanol–water partition coefficient (Wildman–Crippen LogP) is 3.19. The van der Waals surface area contributed by atoms with E-state index >= 15 is 0 Å². The first-order valence-corrected chi connectivity index (χ1v) is 8.74. The van der Waals surface area contributed by atoms with E-state index in [0.717, 1.165) is 35.7 Å². The smallest absolute Gasteiger partial charge is 0.321 e. The summed E-state index contributed by atoms with van der Waals surface area (Å²) in [7, 11) is 1.63. The van der Waals surface area contributed by atoms with Crippen LogP contribution < -0.4 is 20.3 Å². The van der Waals surface area contributed by atoms with Gasteiger partial charge in [-0.3, -0.25) is 9.69 Å². The Hall–Kier alpha value is -3.02. The summed E-state index contributed by atoms with van der Waals surface area (Å²) in [5, 5.41) is 5.72. The lowest BCUT2D eigenvalue weighted by Gasteiger charge is -2.27. The zero-order valence-electron chi connectivity index (χ0n) is 14.8. The third-order valence-corrected chi connectivity index (χ3v) is 4.34. The van der Waals surface area contributed by atoms with Crippen molar-refractivity contribution in [2.45, 2.75) is 19.3 Å². The highest BCUT2D eigenvalue weighted by atomic mass is 16.5. The molecule has 2 aromatic rings. The van der Waals surface area contributed by atoms with Gasteiger partial charge in [-0.15, -0.1) is 0 Å². The van der Waals surface area contributed by atoms with Crippen LogP contribution >= 0.6 is 0 Å². The molecule has 1 fully saturated rings. The second-order valence-corrected chi connectivity index (χ2v) is 6.18. The van der Waals surface area contributed by atoms with E-state index in [-0.39, 0.29) is 11.9 Å². The van der Waals surface area contributed by atoms with Crippen LogP contribution in [0.15, 0.2) is 48.5 Å². The average Bonchev–Trinajstić information content (AvgIpc) is 2.68. The quantitative estimate of drug-likeness (QED) is 0.838. The molecule has 1 aliphatic heterocycles. The molecule has 1 heterocycles. The molecule has 136 valence electrons. The van der Waals surface area contributed by atoms with Crippen molar-refractivity contribution in [2.75, 3.05) is 30.4 Å². The van der Waals surface area contributed by atoms with E-state index < -0.39 is 0 Å². The molecule has 3 rings (SSSR count). The van der Waals surface area contributed by atoms with Crippen LogP contribution in [-0.2, 0) is 11.2 Å². The minimum Gasteiger partial charge on any atom is -0.497 e. The maximum absolute atomic E-state index is 12.1. The van der Waals surface area contributed by atoms with Crippen molar-refractivity contribution in [1.82, 2.24) is 5.32 Å². The van der Waals surface area contributed by atoms with Crippen molar-refractivity contribution >= 4 is 23.3 Å². The van der Waals surface area contributed by atoms with Gasteiger partial charge >= 0.3 is 6.03 Å². The van der Waals surface area contributed by atoms with E-state index in [4.69, 9.17) is 4.74 Å². The van der Waals surface area contributed by atoms with Crippen molar-refractivity contribution in [2.24, 2.45) is 0 Å². The molecule has 0 aromatic heterocycles. The Balaban J connectivity index is 1.51. The van der Waals surface area contributed by atoms with E-state index in [9.17, 15) is 9.59 Å². The van der Waals surface area contributed by atoms with Crippen LogP contribution in [0.1, 0.15) is 18.4 Å². The SMILES string of the molecule is COc1ccc(CCC(=O)Nc2ccc(N3CCCNC3=O)cc2)cc1. The number of methoxy groups -OCH3 is 1. The fourth-order valence-electron chi connectivity index (χ4n) is 2.87. The van der Waals surface area contributed by atoms with E-state index in [1.54, 1.807) is 12.0 Å². The van der Waals surface area contributed by atoms with Gasteiger partial charge in [-0.1, -0.05) is 12.1 Å². The number of carbonyl (C=O) groups is 2. The lowest BCUT2D eigenvalue weighted by atomic mass is 10.1. The van der Waals surface area contributed by atoms with Crippen LogP contribution in [0.4, 0.5) is 16.2 Å². The fraction of sp³-hybridized carbons (Fsp3) is 0.300. The number of nitrogens with one attached hydrogen (secondary N) is 2. The Morgan fingerprint density at radius 2 is 1.88 bits per heavy atom. The van der Waals surface area contributed by atoms with Gasteiger partial charge in [0.1, 0.15) is 5.75 Å².